The summed E-state index contributed by atoms with van der Waals surface area (Å²) in [6, 6.07) is 12.2. The summed E-state index contributed by atoms with van der Waals surface area (Å²) in [6.45, 7) is 0. The molecule has 2 atom stereocenters. The molecule has 6 rings (SSSR count). The molecule has 2 heterocycles. The molecule has 0 spiro atoms. The topological polar surface area (TPSA) is 241 Å². The van der Waals surface area contributed by atoms with Crippen LogP contribution in [0.4, 0.5) is 0 Å². The number of phenolic OH excluding ortho intramolecular Hbond substituents is 6. The van der Waals surface area contributed by atoms with Crippen LogP contribution < -0.4 is 14.3 Å². The van der Waals surface area contributed by atoms with Gasteiger partial charge in [0.2, 0.25) is 0 Å². The number of hydrogen-bond donors (Lipinski definition) is 7. The maximum Gasteiger partial charge on any atom is 0.446 e. The van der Waals surface area contributed by atoms with E-state index in [0.717, 1.165) is 30.3 Å². The minimum Gasteiger partial charge on any atom is -0.508 e. The average Bonchev–Trinajstić information content (AvgIpc) is 2.94. The van der Waals surface area contributed by atoms with Gasteiger partial charge in [-0.15, -0.1) is 0 Å². The second-order valence-corrected chi connectivity index (χ2v) is 11.0. The van der Waals surface area contributed by atoms with E-state index < -0.39 is 90.2 Å². The molecule has 0 saturated heterocycles. The summed E-state index contributed by atoms with van der Waals surface area (Å²) in [7, 11) is -5.35. The molecule has 0 amide bonds. The highest BCUT2D eigenvalue weighted by molar-refractivity contribution is 7.81. The van der Waals surface area contributed by atoms with Crippen molar-refractivity contribution in [3.8, 4) is 57.3 Å². The van der Waals surface area contributed by atoms with E-state index in [0.29, 0.717) is 6.07 Å². The second kappa shape index (κ2) is 10.4. The monoisotopic (exact) mass is 636 g/mol. The van der Waals surface area contributed by atoms with Crippen LogP contribution in [-0.2, 0) is 10.4 Å². The molecular weight excluding hydrogens is 616 g/mol. The molecule has 7 N–H and O–H groups in total. The predicted molar refractivity (Wildman–Crippen MR) is 153 cm³/mol. The Balaban J connectivity index is 1.73. The van der Waals surface area contributed by atoms with E-state index in [9.17, 15) is 53.2 Å². The zero-order valence-electron chi connectivity index (χ0n) is 22.4. The van der Waals surface area contributed by atoms with Crippen molar-refractivity contribution in [1.82, 2.24) is 0 Å². The third kappa shape index (κ3) is 5.15. The maximum absolute atomic E-state index is 14.3. The van der Waals surface area contributed by atoms with Gasteiger partial charge in [0.25, 0.3) is 0 Å². The standard InChI is InChI=1S/C30H20O14S/c31-14-4-1-12(2-5-14)29-27(28(38)25-18(35)8-15(32)9-22(25)43-29)26-23(44-45(39,40)41)11-20(37)24-19(36)10-21(42-30(24)26)13-3-6-16(33)17(34)7-13/h1-11,27,29,31-35,37H,(H,39,40,41)/t27-,29+/m0/s1. The van der Waals surface area contributed by atoms with Crippen LogP contribution in [0.3, 0.4) is 0 Å². The van der Waals surface area contributed by atoms with Crippen molar-refractivity contribution in [3.05, 3.63) is 93.6 Å². The Labute approximate surface area is 251 Å². The van der Waals surface area contributed by atoms with Crippen LogP contribution in [0.1, 0.15) is 33.5 Å². The number of rotatable bonds is 5. The molecule has 0 unspecified atom stereocenters. The second-order valence-electron chi connectivity index (χ2n) is 10.0. The summed E-state index contributed by atoms with van der Waals surface area (Å²) < 4.78 is 50.4. The molecule has 4 aromatic carbocycles. The van der Waals surface area contributed by atoms with E-state index >= 15 is 0 Å². The largest absolute Gasteiger partial charge is 0.508 e. The van der Waals surface area contributed by atoms with Crippen LogP contribution in [-0.4, -0.2) is 49.4 Å². The normalized spacial score (nSPS) is 16.2. The van der Waals surface area contributed by atoms with Gasteiger partial charge in [0.1, 0.15) is 57.1 Å². The maximum atomic E-state index is 14.3. The third-order valence-corrected chi connectivity index (χ3v) is 7.51. The first kappa shape index (κ1) is 29.2. The molecule has 15 heteroatoms. The van der Waals surface area contributed by atoms with E-state index in [-0.39, 0.29) is 28.4 Å². The lowest BCUT2D eigenvalue weighted by molar-refractivity contribution is 0.0773. The van der Waals surface area contributed by atoms with E-state index in [4.69, 9.17) is 13.3 Å². The number of ether oxygens (including phenoxy) is 1. The van der Waals surface area contributed by atoms with Gasteiger partial charge in [0.15, 0.2) is 28.5 Å². The van der Waals surface area contributed by atoms with Gasteiger partial charge in [-0.05, 0) is 35.9 Å². The van der Waals surface area contributed by atoms with Crippen molar-refractivity contribution in [2.45, 2.75) is 12.0 Å². The molecule has 0 saturated carbocycles. The Morgan fingerprint density at radius 3 is 2.11 bits per heavy atom. The van der Waals surface area contributed by atoms with Gasteiger partial charge in [0, 0.05) is 29.8 Å². The third-order valence-electron chi connectivity index (χ3n) is 7.12. The zero-order valence-corrected chi connectivity index (χ0v) is 23.2. The average molecular weight is 637 g/mol. The molecule has 14 nitrogen and oxygen atoms in total. The minimum atomic E-state index is -5.35. The smallest absolute Gasteiger partial charge is 0.446 e. The molecule has 45 heavy (non-hydrogen) atoms. The molecule has 0 fully saturated rings. The summed E-state index contributed by atoms with van der Waals surface area (Å²) >= 11 is 0. The first-order chi connectivity index (χ1) is 21.2. The Morgan fingerprint density at radius 2 is 1.44 bits per heavy atom. The Morgan fingerprint density at radius 1 is 0.733 bits per heavy atom. The van der Waals surface area contributed by atoms with Gasteiger partial charge in [-0.2, -0.15) is 8.42 Å². The van der Waals surface area contributed by atoms with Gasteiger partial charge in [0.05, 0.1) is 11.5 Å². The highest BCUT2D eigenvalue weighted by atomic mass is 32.3. The van der Waals surface area contributed by atoms with Crippen LogP contribution in [0.5, 0.6) is 46.0 Å². The molecule has 230 valence electrons. The Hall–Kier alpha value is -5.93. The van der Waals surface area contributed by atoms with Crippen LogP contribution in [0.15, 0.2) is 75.9 Å². The molecule has 0 radical (unpaired) electrons. The highest BCUT2D eigenvalue weighted by Crippen LogP contribution is 2.52. The first-order valence-electron chi connectivity index (χ1n) is 12.8. The van der Waals surface area contributed by atoms with Gasteiger partial charge < -0.3 is 44.0 Å². The summed E-state index contributed by atoms with van der Waals surface area (Å²) in [5.41, 5.74) is -2.24. The number of carbonyl (C=O) groups excluding carboxylic acids is 1. The number of carbonyl (C=O) groups is 1. The first-order valence-corrected chi connectivity index (χ1v) is 14.2. The van der Waals surface area contributed by atoms with Crippen LogP contribution in [0.2, 0.25) is 0 Å². The molecular formula is C30H20O14S. The van der Waals surface area contributed by atoms with Gasteiger partial charge in [-0.3, -0.25) is 14.1 Å². The molecule has 5 aromatic rings. The fraction of sp³-hybridized carbons (Fsp3) is 0.0667. The van der Waals surface area contributed by atoms with Crippen LogP contribution in [0, 0.1) is 0 Å². The van der Waals surface area contributed by atoms with Crippen molar-refractivity contribution in [1.29, 1.82) is 0 Å². The van der Waals surface area contributed by atoms with Gasteiger partial charge in [-0.25, -0.2) is 0 Å². The zero-order chi connectivity index (χ0) is 32.4. The quantitative estimate of drug-likeness (QED) is 0.107. The molecule has 0 aliphatic carbocycles. The van der Waals surface area contributed by atoms with Gasteiger partial charge >= 0.3 is 10.4 Å². The lowest BCUT2D eigenvalue weighted by Gasteiger charge is -2.34. The van der Waals surface area contributed by atoms with Crippen molar-refractivity contribution < 1.29 is 61.7 Å². The van der Waals surface area contributed by atoms with Crippen molar-refractivity contribution in [2.24, 2.45) is 0 Å². The van der Waals surface area contributed by atoms with Crippen molar-refractivity contribution in [3.63, 3.8) is 0 Å². The number of Topliss-reactive ketones (excluding diaryl/α,β-unsaturated/α-hetero) is 1. The Kier molecular flexibility index (Phi) is 6.71. The fourth-order valence-electron chi connectivity index (χ4n) is 5.24. The number of phenols is 6. The van der Waals surface area contributed by atoms with Crippen molar-refractivity contribution in [2.75, 3.05) is 0 Å². The minimum absolute atomic E-state index is 0.0376. The predicted octanol–water partition coefficient (Wildman–Crippen LogP) is 3.98. The summed E-state index contributed by atoms with van der Waals surface area (Å²) in [5, 5.41) is 60.6. The van der Waals surface area contributed by atoms with Crippen LogP contribution >= 0.6 is 0 Å². The number of fused-ring (bicyclic) bond motifs is 2. The summed E-state index contributed by atoms with van der Waals surface area (Å²) in [5.74, 6) is -7.37. The van der Waals surface area contributed by atoms with E-state index in [1.807, 2.05) is 0 Å². The molecule has 0 bridgehead atoms. The fourth-order valence-corrected chi connectivity index (χ4v) is 5.60. The lowest BCUT2D eigenvalue weighted by atomic mass is 9.79. The Bertz CT molecular complexity index is 2200. The molecule has 1 aliphatic heterocycles. The molecule has 1 aromatic heterocycles. The number of benzene rings is 4. The summed E-state index contributed by atoms with van der Waals surface area (Å²) in [4.78, 5) is 27.7. The number of aromatic hydroxyl groups is 6. The van der Waals surface area contributed by atoms with E-state index in [1.54, 1.807) is 0 Å². The highest BCUT2D eigenvalue weighted by Gasteiger charge is 2.45. The summed E-state index contributed by atoms with van der Waals surface area (Å²) in [6.07, 6.45) is -1.45. The number of hydrogen-bond acceptors (Lipinski definition) is 13. The van der Waals surface area contributed by atoms with E-state index in [2.05, 4.69) is 0 Å². The lowest BCUT2D eigenvalue weighted by Crippen LogP contribution is -2.31. The van der Waals surface area contributed by atoms with E-state index in [1.165, 1.54) is 30.3 Å². The SMILES string of the molecule is O=C1c2c(O)cc(O)cc2O[C@H](c2ccc(O)cc2)[C@H]1c1c(OS(=O)(=O)O)cc(O)c2c(=O)cc(-c3ccc(O)c(O)c3)oc12. The van der Waals surface area contributed by atoms with Gasteiger partial charge in [-0.1, -0.05) is 12.1 Å². The number of ketones is 1. The molecule has 1 aliphatic rings. The van der Waals surface area contributed by atoms with Crippen LogP contribution in [0.25, 0.3) is 22.3 Å². The van der Waals surface area contributed by atoms with Crippen molar-refractivity contribution >= 4 is 27.2 Å².